The van der Waals surface area contributed by atoms with E-state index in [1.807, 2.05) is 31.2 Å². The summed E-state index contributed by atoms with van der Waals surface area (Å²) in [5.41, 5.74) is 0.847. The lowest BCUT2D eigenvalue weighted by atomic mass is 10.0. The second-order valence-electron chi connectivity index (χ2n) is 4.84. The Hall–Kier alpha value is -1.15. The van der Waals surface area contributed by atoms with Crippen LogP contribution >= 0.6 is 0 Å². The van der Waals surface area contributed by atoms with E-state index >= 15 is 0 Å². The van der Waals surface area contributed by atoms with Gasteiger partial charge in [0.05, 0.1) is 26.4 Å². The molecule has 1 N–H and O–H groups in total. The molecule has 0 saturated carbocycles. The highest BCUT2D eigenvalue weighted by Gasteiger charge is 2.28. The molecule has 0 aromatic heterocycles. The maximum absolute atomic E-state index is 12.4. The van der Waals surface area contributed by atoms with Gasteiger partial charge in [0.1, 0.15) is 5.75 Å². The summed E-state index contributed by atoms with van der Waals surface area (Å²) in [5.74, 6) is 0.689. The minimum absolute atomic E-state index is 0.311. The largest absolute Gasteiger partial charge is 0.496 e. The van der Waals surface area contributed by atoms with Gasteiger partial charge in [-0.05, 0) is 12.5 Å². The van der Waals surface area contributed by atoms with Crippen molar-refractivity contribution in [1.29, 1.82) is 0 Å². The Morgan fingerprint density at radius 1 is 1.33 bits per heavy atom. The lowest BCUT2D eigenvalue weighted by Gasteiger charge is -2.28. The van der Waals surface area contributed by atoms with Crippen molar-refractivity contribution in [1.82, 2.24) is 9.03 Å². The summed E-state index contributed by atoms with van der Waals surface area (Å²) in [6, 6.07) is 7.15. The smallest absolute Gasteiger partial charge is 0.280 e. The van der Waals surface area contributed by atoms with Crippen LogP contribution in [-0.4, -0.2) is 46.1 Å². The highest BCUT2D eigenvalue weighted by molar-refractivity contribution is 7.87. The molecule has 1 atom stereocenters. The predicted octanol–water partition coefficient (Wildman–Crippen LogP) is 1.31. The SMILES string of the molecule is CCC(NS(=O)(=O)N1CCOCC1)c1ccccc1OC. The van der Waals surface area contributed by atoms with Crippen LogP contribution in [0.25, 0.3) is 0 Å². The van der Waals surface area contributed by atoms with Gasteiger partial charge in [-0.1, -0.05) is 25.1 Å². The fourth-order valence-corrected chi connectivity index (χ4v) is 3.79. The molecule has 1 aromatic rings. The lowest BCUT2D eigenvalue weighted by molar-refractivity contribution is 0.0723. The number of para-hydroxylation sites is 1. The van der Waals surface area contributed by atoms with Gasteiger partial charge >= 0.3 is 0 Å². The first-order valence-electron chi connectivity index (χ1n) is 7.06. The first-order chi connectivity index (χ1) is 10.1. The number of hydrogen-bond acceptors (Lipinski definition) is 4. The van der Waals surface area contributed by atoms with E-state index in [-0.39, 0.29) is 6.04 Å². The van der Waals surface area contributed by atoms with E-state index in [0.717, 1.165) is 5.56 Å². The molecular weight excluding hydrogens is 292 g/mol. The molecule has 1 aromatic carbocycles. The summed E-state index contributed by atoms with van der Waals surface area (Å²) in [6.07, 6.45) is 0.643. The average Bonchev–Trinajstić information content (AvgIpc) is 2.53. The van der Waals surface area contributed by atoms with E-state index in [1.165, 1.54) is 4.31 Å². The Kier molecular flexibility index (Phi) is 5.58. The van der Waals surface area contributed by atoms with Gasteiger partial charge in [0.2, 0.25) is 0 Å². The zero-order valence-electron chi connectivity index (χ0n) is 12.4. The third-order valence-corrected chi connectivity index (χ3v) is 5.15. The quantitative estimate of drug-likeness (QED) is 0.860. The van der Waals surface area contributed by atoms with E-state index in [4.69, 9.17) is 9.47 Å². The summed E-state index contributed by atoms with van der Waals surface area (Å²) in [4.78, 5) is 0. The second kappa shape index (κ2) is 7.22. The highest BCUT2D eigenvalue weighted by atomic mass is 32.2. The van der Waals surface area contributed by atoms with Crippen molar-refractivity contribution >= 4 is 10.2 Å². The van der Waals surface area contributed by atoms with Crippen molar-refractivity contribution < 1.29 is 17.9 Å². The lowest BCUT2D eigenvalue weighted by Crippen LogP contribution is -2.47. The summed E-state index contributed by atoms with van der Waals surface area (Å²) < 4.78 is 39.6. The van der Waals surface area contributed by atoms with Crippen LogP contribution in [0.2, 0.25) is 0 Å². The number of nitrogens with one attached hydrogen (secondary N) is 1. The molecule has 0 amide bonds. The Balaban J connectivity index is 2.18. The normalized spacial score (nSPS) is 18.4. The molecule has 1 aliphatic rings. The summed E-state index contributed by atoms with van der Waals surface area (Å²) in [5, 5.41) is 0. The molecule has 0 aliphatic carbocycles. The Morgan fingerprint density at radius 2 is 2.00 bits per heavy atom. The zero-order chi connectivity index (χ0) is 15.3. The molecule has 1 unspecified atom stereocenters. The van der Waals surface area contributed by atoms with Crippen molar-refractivity contribution in [2.75, 3.05) is 33.4 Å². The van der Waals surface area contributed by atoms with E-state index in [9.17, 15) is 8.42 Å². The number of hydrogen-bond donors (Lipinski definition) is 1. The van der Waals surface area contributed by atoms with Crippen LogP contribution in [0, 0.1) is 0 Å². The van der Waals surface area contributed by atoms with Crippen molar-refractivity contribution in [3.63, 3.8) is 0 Å². The first kappa shape index (κ1) is 16.2. The minimum Gasteiger partial charge on any atom is -0.496 e. The predicted molar refractivity (Wildman–Crippen MR) is 80.5 cm³/mol. The van der Waals surface area contributed by atoms with E-state index in [1.54, 1.807) is 7.11 Å². The maximum atomic E-state index is 12.4. The van der Waals surface area contributed by atoms with Crippen molar-refractivity contribution in [2.45, 2.75) is 19.4 Å². The fourth-order valence-electron chi connectivity index (χ4n) is 2.36. The standard InChI is InChI=1S/C14H22N2O4S/c1-3-13(12-6-4-5-7-14(12)19-2)15-21(17,18)16-8-10-20-11-9-16/h4-7,13,15H,3,8-11H2,1-2H3. The molecule has 0 spiro atoms. The van der Waals surface area contributed by atoms with E-state index in [0.29, 0.717) is 38.5 Å². The van der Waals surface area contributed by atoms with E-state index in [2.05, 4.69) is 4.72 Å². The number of ether oxygens (including phenoxy) is 2. The van der Waals surface area contributed by atoms with Crippen molar-refractivity contribution in [3.05, 3.63) is 29.8 Å². The third-order valence-electron chi connectivity index (χ3n) is 3.52. The van der Waals surface area contributed by atoms with Gasteiger partial charge < -0.3 is 9.47 Å². The number of benzene rings is 1. The van der Waals surface area contributed by atoms with Gasteiger partial charge in [-0.2, -0.15) is 17.4 Å². The molecule has 1 heterocycles. The van der Waals surface area contributed by atoms with Gasteiger partial charge in [0, 0.05) is 18.7 Å². The van der Waals surface area contributed by atoms with Crippen LogP contribution in [0.5, 0.6) is 5.75 Å². The van der Waals surface area contributed by atoms with Crippen LogP contribution in [0.15, 0.2) is 24.3 Å². The van der Waals surface area contributed by atoms with Gasteiger partial charge in [0.15, 0.2) is 0 Å². The van der Waals surface area contributed by atoms with Crippen LogP contribution < -0.4 is 9.46 Å². The molecule has 1 fully saturated rings. The van der Waals surface area contributed by atoms with Crippen molar-refractivity contribution in [3.8, 4) is 5.75 Å². The molecule has 1 aliphatic heterocycles. The molecule has 0 radical (unpaired) electrons. The second-order valence-corrected chi connectivity index (χ2v) is 6.54. The van der Waals surface area contributed by atoms with E-state index < -0.39 is 10.2 Å². The monoisotopic (exact) mass is 314 g/mol. The van der Waals surface area contributed by atoms with Crippen molar-refractivity contribution in [2.24, 2.45) is 0 Å². The van der Waals surface area contributed by atoms with Gasteiger partial charge in [-0.3, -0.25) is 0 Å². The molecule has 0 bridgehead atoms. The molecule has 2 rings (SSSR count). The molecule has 118 valence electrons. The summed E-state index contributed by atoms with van der Waals surface area (Å²) >= 11 is 0. The fraction of sp³-hybridized carbons (Fsp3) is 0.571. The Morgan fingerprint density at radius 3 is 2.62 bits per heavy atom. The molecule has 1 saturated heterocycles. The topological polar surface area (TPSA) is 67.9 Å². The maximum Gasteiger partial charge on any atom is 0.280 e. The van der Waals surface area contributed by atoms with Gasteiger partial charge in [0.25, 0.3) is 10.2 Å². The minimum atomic E-state index is -3.52. The number of nitrogens with zero attached hydrogens (tertiary/aromatic N) is 1. The number of methoxy groups -OCH3 is 1. The van der Waals surface area contributed by atoms with Crippen LogP contribution in [0.4, 0.5) is 0 Å². The third kappa shape index (κ3) is 3.94. The van der Waals surface area contributed by atoms with Gasteiger partial charge in [-0.15, -0.1) is 0 Å². The Labute approximate surface area is 126 Å². The summed E-state index contributed by atoms with van der Waals surface area (Å²) in [7, 11) is -1.93. The Bertz CT molecular complexity index is 556. The number of morpholine rings is 1. The molecule has 21 heavy (non-hydrogen) atoms. The van der Waals surface area contributed by atoms with Crippen LogP contribution in [0.3, 0.4) is 0 Å². The molecule has 6 nitrogen and oxygen atoms in total. The van der Waals surface area contributed by atoms with Gasteiger partial charge in [-0.25, -0.2) is 0 Å². The molecule has 7 heteroatoms. The first-order valence-corrected chi connectivity index (χ1v) is 8.50. The number of rotatable bonds is 6. The van der Waals surface area contributed by atoms with Crippen LogP contribution in [0.1, 0.15) is 24.9 Å². The van der Waals surface area contributed by atoms with Crippen LogP contribution in [-0.2, 0) is 14.9 Å². The summed E-state index contributed by atoms with van der Waals surface area (Å²) in [6.45, 7) is 3.59. The molecular formula is C14H22N2O4S. The highest BCUT2D eigenvalue weighted by Crippen LogP contribution is 2.27. The zero-order valence-corrected chi connectivity index (χ0v) is 13.2. The average molecular weight is 314 g/mol.